The zero-order valence-electron chi connectivity index (χ0n) is 12.2. The van der Waals surface area contributed by atoms with Crippen LogP contribution in [0, 0.1) is 11.3 Å². The molecule has 1 rings (SSSR count). The van der Waals surface area contributed by atoms with Crippen LogP contribution in [-0.2, 0) is 9.59 Å². The van der Waals surface area contributed by atoms with Gasteiger partial charge in [-0.25, -0.2) is 0 Å². The van der Waals surface area contributed by atoms with E-state index in [1.165, 1.54) is 32.1 Å². The van der Waals surface area contributed by atoms with E-state index in [0.29, 0.717) is 0 Å². The Morgan fingerprint density at radius 2 is 1.84 bits per heavy atom. The molecule has 0 aromatic rings. The number of aliphatic carboxylic acids is 1. The van der Waals surface area contributed by atoms with Crippen molar-refractivity contribution in [3.05, 3.63) is 0 Å². The average molecular weight is 269 g/mol. The van der Waals surface area contributed by atoms with Crippen LogP contribution >= 0.6 is 0 Å². The third kappa shape index (κ3) is 7.19. The highest BCUT2D eigenvalue weighted by Crippen LogP contribution is 2.28. The van der Waals surface area contributed by atoms with E-state index in [-0.39, 0.29) is 18.7 Å². The smallest absolute Gasteiger partial charge is 0.303 e. The maximum Gasteiger partial charge on any atom is 0.303 e. The lowest BCUT2D eigenvalue weighted by Crippen LogP contribution is -2.30. The zero-order valence-corrected chi connectivity index (χ0v) is 12.2. The third-order valence-electron chi connectivity index (χ3n) is 3.85. The molecule has 0 heterocycles. The van der Waals surface area contributed by atoms with Gasteiger partial charge < -0.3 is 10.4 Å². The van der Waals surface area contributed by atoms with Crippen LogP contribution in [0.2, 0.25) is 0 Å². The van der Waals surface area contributed by atoms with Crippen molar-refractivity contribution < 1.29 is 14.7 Å². The summed E-state index contributed by atoms with van der Waals surface area (Å²) in [4.78, 5) is 22.4. The molecular formula is C15H27NO3. The second-order valence-electron chi connectivity index (χ2n) is 6.55. The Kier molecular flexibility index (Phi) is 6.32. The molecule has 19 heavy (non-hydrogen) atoms. The van der Waals surface area contributed by atoms with E-state index in [9.17, 15) is 9.59 Å². The van der Waals surface area contributed by atoms with Crippen LogP contribution in [0.5, 0.6) is 0 Å². The van der Waals surface area contributed by atoms with Gasteiger partial charge in [0.15, 0.2) is 0 Å². The van der Waals surface area contributed by atoms with Gasteiger partial charge in [0, 0.05) is 13.0 Å². The van der Waals surface area contributed by atoms with E-state index in [1.54, 1.807) is 0 Å². The fourth-order valence-corrected chi connectivity index (χ4v) is 2.89. The summed E-state index contributed by atoms with van der Waals surface area (Å²) in [6, 6.07) is 0. The van der Waals surface area contributed by atoms with E-state index in [4.69, 9.17) is 5.11 Å². The normalized spacial score (nSPS) is 16.5. The predicted molar refractivity (Wildman–Crippen MR) is 74.9 cm³/mol. The molecule has 0 atom stereocenters. The lowest BCUT2D eigenvalue weighted by atomic mass is 9.85. The van der Waals surface area contributed by atoms with E-state index < -0.39 is 11.4 Å². The van der Waals surface area contributed by atoms with E-state index in [2.05, 4.69) is 5.32 Å². The van der Waals surface area contributed by atoms with Crippen molar-refractivity contribution in [1.29, 1.82) is 0 Å². The maximum atomic E-state index is 11.7. The third-order valence-corrected chi connectivity index (χ3v) is 3.85. The number of amides is 1. The number of nitrogens with one attached hydrogen (secondary N) is 1. The van der Waals surface area contributed by atoms with E-state index in [0.717, 1.165) is 18.9 Å². The van der Waals surface area contributed by atoms with Gasteiger partial charge in [0.25, 0.3) is 0 Å². The lowest BCUT2D eigenvalue weighted by molar-refractivity contribution is -0.139. The summed E-state index contributed by atoms with van der Waals surface area (Å²) >= 11 is 0. The van der Waals surface area contributed by atoms with Crippen molar-refractivity contribution in [1.82, 2.24) is 5.32 Å². The number of carbonyl (C=O) groups is 2. The number of hydrogen-bond donors (Lipinski definition) is 2. The van der Waals surface area contributed by atoms with E-state index >= 15 is 0 Å². The highest BCUT2D eigenvalue weighted by molar-refractivity contribution is 5.77. The van der Waals surface area contributed by atoms with Crippen molar-refractivity contribution in [2.45, 2.75) is 65.2 Å². The van der Waals surface area contributed by atoms with Crippen molar-refractivity contribution in [3.63, 3.8) is 0 Å². The number of rotatable bonds is 8. The Labute approximate surface area is 116 Å². The molecule has 1 amide bonds. The largest absolute Gasteiger partial charge is 0.481 e. The van der Waals surface area contributed by atoms with Gasteiger partial charge in [-0.15, -0.1) is 0 Å². The molecule has 2 N–H and O–H groups in total. The zero-order chi connectivity index (χ0) is 14.3. The summed E-state index contributed by atoms with van der Waals surface area (Å²) in [7, 11) is 0. The highest BCUT2D eigenvalue weighted by Gasteiger charge is 2.25. The summed E-state index contributed by atoms with van der Waals surface area (Å²) in [5.41, 5.74) is -0.471. The molecule has 0 aromatic carbocycles. The van der Waals surface area contributed by atoms with Gasteiger partial charge in [0.2, 0.25) is 5.91 Å². The number of carbonyl (C=O) groups excluding carboxylic acids is 1. The lowest BCUT2D eigenvalue weighted by Gasteiger charge is -2.21. The van der Waals surface area contributed by atoms with Crippen molar-refractivity contribution in [2.75, 3.05) is 6.54 Å². The molecule has 1 aliphatic rings. The Balaban J connectivity index is 2.11. The molecule has 4 heteroatoms. The highest BCUT2D eigenvalue weighted by atomic mass is 16.4. The van der Waals surface area contributed by atoms with Crippen LogP contribution < -0.4 is 5.32 Å². The molecule has 0 saturated heterocycles. The van der Waals surface area contributed by atoms with Crippen molar-refractivity contribution in [3.8, 4) is 0 Å². The van der Waals surface area contributed by atoms with Crippen LogP contribution in [0.15, 0.2) is 0 Å². The minimum atomic E-state index is -0.848. The Hall–Kier alpha value is -1.06. The quantitative estimate of drug-likeness (QED) is 0.666. The van der Waals surface area contributed by atoms with Gasteiger partial charge in [0.1, 0.15) is 0 Å². The maximum absolute atomic E-state index is 11.7. The molecular weight excluding hydrogens is 242 g/mol. The topological polar surface area (TPSA) is 66.4 Å². The molecule has 0 aromatic heterocycles. The summed E-state index contributed by atoms with van der Waals surface area (Å²) in [6.45, 7) is 4.36. The summed E-state index contributed by atoms with van der Waals surface area (Å²) in [5, 5.41) is 11.7. The van der Waals surface area contributed by atoms with Crippen molar-refractivity contribution >= 4 is 11.9 Å². The van der Waals surface area contributed by atoms with Gasteiger partial charge in [-0.05, 0) is 24.2 Å². The monoisotopic (exact) mass is 269 g/mol. The van der Waals surface area contributed by atoms with Gasteiger partial charge in [-0.3, -0.25) is 9.59 Å². The summed E-state index contributed by atoms with van der Waals surface area (Å²) in [6.07, 6.45) is 7.97. The van der Waals surface area contributed by atoms with Crippen LogP contribution in [0.1, 0.15) is 65.2 Å². The molecule has 4 nitrogen and oxygen atoms in total. The molecule has 1 fully saturated rings. The second kappa shape index (κ2) is 7.51. The Morgan fingerprint density at radius 3 is 2.42 bits per heavy atom. The summed E-state index contributed by atoms with van der Waals surface area (Å²) < 4.78 is 0. The van der Waals surface area contributed by atoms with Crippen LogP contribution in [-0.4, -0.2) is 23.5 Å². The van der Waals surface area contributed by atoms with Crippen LogP contribution in [0.25, 0.3) is 0 Å². The minimum absolute atomic E-state index is 0.0299. The van der Waals surface area contributed by atoms with Gasteiger partial charge in [-0.2, -0.15) is 0 Å². The first kappa shape index (κ1) is 16.0. The average Bonchev–Trinajstić information content (AvgIpc) is 2.74. The minimum Gasteiger partial charge on any atom is -0.481 e. The van der Waals surface area contributed by atoms with Gasteiger partial charge >= 0.3 is 5.97 Å². The fraction of sp³-hybridized carbons (Fsp3) is 0.867. The van der Waals surface area contributed by atoms with E-state index in [1.807, 2.05) is 13.8 Å². The molecule has 0 radical (unpaired) electrons. The van der Waals surface area contributed by atoms with Crippen LogP contribution in [0.4, 0.5) is 0 Å². The Morgan fingerprint density at radius 1 is 1.21 bits per heavy atom. The summed E-state index contributed by atoms with van der Waals surface area (Å²) in [5.74, 6) is -0.0166. The Bertz CT molecular complexity index is 307. The molecule has 110 valence electrons. The first-order valence-electron chi connectivity index (χ1n) is 7.37. The first-order valence-corrected chi connectivity index (χ1v) is 7.37. The van der Waals surface area contributed by atoms with Gasteiger partial charge in [-0.1, -0.05) is 39.5 Å². The first-order chi connectivity index (χ1) is 8.89. The second-order valence-corrected chi connectivity index (χ2v) is 6.55. The molecule has 0 spiro atoms. The standard InChI is InChI=1S/C15H27NO3/c1-15(2,11-14(18)19)10-13(17)16-9-5-8-12-6-3-4-7-12/h12H,3-11H2,1-2H3,(H,16,17)(H,18,19). The predicted octanol–water partition coefficient (Wildman–Crippen LogP) is 2.96. The number of hydrogen-bond acceptors (Lipinski definition) is 2. The fourth-order valence-electron chi connectivity index (χ4n) is 2.89. The molecule has 1 saturated carbocycles. The number of carboxylic acid groups (broad SMARTS) is 1. The molecule has 0 aliphatic heterocycles. The molecule has 1 aliphatic carbocycles. The van der Waals surface area contributed by atoms with Gasteiger partial charge in [0.05, 0.1) is 6.42 Å². The molecule has 0 bridgehead atoms. The molecule has 0 unspecified atom stereocenters. The number of carboxylic acids is 1. The van der Waals surface area contributed by atoms with Crippen molar-refractivity contribution in [2.24, 2.45) is 11.3 Å². The van der Waals surface area contributed by atoms with Crippen LogP contribution in [0.3, 0.4) is 0 Å². The SMILES string of the molecule is CC(C)(CC(=O)O)CC(=O)NCCCC1CCCC1.